The molecule has 1 rings (SSSR count). The van der Waals surface area contributed by atoms with Crippen LogP contribution in [0.3, 0.4) is 0 Å². The summed E-state index contributed by atoms with van der Waals surface area (Å²) < 4.78 is 0. The lowest BCUT2D eigenvalue weighted by atomic mass is 9.84. The van der Waals surface area contributed by atoms with Gasteiger partial charge in [0.1, 0.15) is 0 Å². The second-order valence-electron chi connectivity index (χ2n) is 4.44. The minimum Gasteiger partial charge on any atom is -0.392 e. The van der Waals surface area contributed by atoms with E-state index in [4.69, 9.17) is 5.11 Å². The van der Waals surface area contributed by atoms with Gasteiger partial charge in [0.25, 0.3) is 0 Å². The van der Waals surface area contributed by atoms with Crippen LogP contribution in [0.4, 0.5) is 0 Å². The molecule has 78 valence electrons. The molecule has 0 bridgehead atoms. The number of rotatable bonds is 4. The van der Waals surface area contributed by atoms with Crippen LogP contribution in [0.5, 0.6) is 0 Å². The average Bonchev–Trinajstić information content (AvgIpc) is 2.15. The Morgan fingerprint density at radius 2 is 1.85 bits per heavy atom. The highest BCUT2D eigenvalue weighted by Crippen LogP contribution is 2.26. The van der Waals surface area contributed by atoms with Crippen molar-refractivity contribution >= 4 is 0 Å². The fourth-order valence-corrected chi connectivity index (χ4v) is 2.16. The van der Waals surface area contributed by atoms with E-state index in [-0.39, 0.29) is 6.10 Å². The molecule has 0 aromatic carbocycles. The maximum absolute atomic E-state index is 9.14. The molecule has 0 amide bonds. The molecule has 1 fully saturated rings. The van der Waals surface area contributed by atoms with Crippen LogP contribution < -0.4 is 5.32 Å². The lowest BCUT2D eigenvalue weighted by molar-refractivity contribution is 0.175. The van der Waals surface area contributed by atoms with Crippen molar-refractivity contribution in [1.82, 2.24) is 5.32 Å². The van der Waals surface area contributed by atoms with Crippen LogP contribution in [-0.2, 0) is 0 Å². The minimum absolute atomic E-state index is 0.217. The van der Waals surface area contributed by atoms with Crippen LogP contribution in [0.15, 0.2) is 0 Å². The lowest BCUT2D eigenvalue weighted by Crippen LogP contribution is -2.38. The second-order valence-corrected chi connectivity index (χ2v) is 4.44. The zero-order chi connectivity index (χ0) is 9.68. The highest BCUT2D eigenvalue weighted by Gasteiger charge is 2.19. The molecule has 0 aromatic rings. The Morgan fingerprint density at radius 3 is 2.38 bits per heavy atom. The third-order valence-corrected chi connectivity index (χ3v) is 3.09. The van der Waals surface area contributed by atoms with Gasteiger partial charge >= 0.3 is 0 Å². The molecule has 1 aliphatic rings. The lowest BCUT2D eigenvalue weighted by Gasteiger charge is -2.28. The van der Waals surface area contributed by atoms with Crippen LogP contribution >= 0.6 is 0 Å². The van der Waals surface area contributed by atoms with E-state index in [9.17, 15) is 0 Å². The molecule has 1 saturated carbocycles. The summed E-state index contributed by atoms with van der Waals surface area (Å²) in [5, 5.41) is 12.5. The molecule has 13 heavy (non-hydrogen) atoms. The van der Waals surface area contributed by atoms with Crippen LogP contribution in [0, 0.1) is 5.92 Å². The molecule has 0 radical (unpaired) electrons. The largest absolute Gasteiger partial charge is 0.392 e. The Bertz CT molecular complexity index is 130. The Kier molecular flexibility index (Phi) is 4.74. The molecule has 0 aliphatic heterocycles. The third kappa shape index (κ3) is 4.10. The quantitative estimate of drug-likeness (QED) is 0.701. The number of hydrogen-bond donors (Lipinski definition) is 2. The number of aliphatic hydroxyl groups is 1. The molecule has 0 heterocycles. The highest BCUT2D eigenvalue weighted by atomic mass is 16.3. The summed E-state index contributed by atoms with van der Waals surface area (Å²) in [7, 11) is 0. The Labute approximate surface area is 81.7 Å². The molecule has 0 saturated heterocycles. The van der Waals surface area contributed by atoms with Gasteiger partial charge in [0.05, 0.1) is 6.10 Å². The van der Waals surface area contributed by atoms with E-state index in [2.05, 4.69) is 12.2 Å². The third-order valence-electron chi connectivity index (χ3n) is 3.09. The molecule has 1 aliphatic carbocycles. The zero-order valence-electron chi connectivity index (χ0n) is 8.92. The highest BCUT2D eigenvalue weighted by molar-refractivity contribution is 4.76. The zero-order valence-corrected chi connectivity index (χ0v) is 8.92. The van der Waals surface area contributed by atoms with Gasteiger partial charge < -0.3 is 10.4 Å². The van der Waals surface area contributed by atoms with E-state index >= 15 is 0 Å². The maximum atomic E-state index is 9.14. The number of aliphatic hydroxyl groups excluding tert-OH is 1. The molecule has 0 unspecified atom stereocenters. The molecule has 0 spiro atoms. The van der Waals surface area contributed by atoms with E-state index in [0.29, 0.717) is 6.04 Å². The van der Waals surface area contributed by atoms with E-state index < -0.39 is 0 Å². The van der Waals surface area contributed by atoms with Crippen LogP contribution in [0.25, 0.3) is 0 Å². The maximum Gasteiger partial charge on any atom is 0.0636 e. The van der Waals surface area contributed by atoms with Gasteiger partial charge in [0, 0.05) is 12.6 Å². The Hall–Kier alpha value is -0.0800. The molecular formula is C11H23NO. The number of nitrogens with one attached hydrogen (secondary N) is 1. The van der Waals surface area contributed by atoms with Crippen molar-refractivity contribution in [2.24, 2.45) is 5.92 Å². The van der Waals surface area contributed by atoms with Gasteiger partial charge in [-0.05, 0) is 32.6 Å². The first-order valence-electron chi connectivity index (χ1n) is 5.61. The van der Waals surface area contributed by atoms with Gasteiger partial charge in [-0.2, -0.15) is 0 Å². The van der Waals surface area contributed by atoms with Crippen LogP contribution in [-0.4, -0.2) is 23.8 Å². The van der Waals surface area contributed by atoms with E-state index in [0.717, 1.165) is 12.5 Å². The second kappa shape index (κ2) is 5.61. The molecule has 2 atom stereocenters. The van der Waals surface area contributed by atoms with Crippen molar-refractivity contribution in [1.29, 1.82) is 0 Å². The fraction of sp³-hybridized carbons (Fsp3) is 1.00. The van der Waals surface area contributed by atoms with Gasteiger partial charge in [0.2, 0.25) is 0 Å². The van der Waals surface area contributed by atoms with Crippen molar-refractivity contribution in [2.45, 2.75) is 58.1 Å². The van der Waals surface area contributed by atoms with Gasteiger partial charge in [-0.25, -0.2) is 0 Å². The Balaban J connectivity index is 2.17. The van der Waals surface area contributed by atoms with Crippen molar-refractivity contribution in [3.8, 4) is 0 Å². The summed E-state index contributed by atoms with van der Waals surface area (Å²) in [5.41, 5.74) is 0. The standard InChI is InChI=1S/C11H23NO/c1-9(13)8-12-10(2)11-6-4-3-5-7-11/h9-13H,3-8H2,1-2H3/t9-,10-/m1/s1. The van der Waals surface area contributed by atoms with Crippen LogP contribution in [0.2, 0.25) is 0 Å². The molecule has 2 nitrogen and oxygen atoms in total. The molecule has 2 heteroatoms. The molecule has 0 aromatic heterocycles. The van der Waals surface area contributed by atoms with E-state index in [1.54, 1.807) is 0 Å². The summed E-state index contributed by atoms with van der Waals surface area (Å²) in [5.74, 6) is 0.840. The monoisotopic (exact) mass is 185 g/mol. The molecular weight excluding hydrogens is 162 g/mol. The van der Waals surface area contributed by atoms with Crippen molar-refractivity contribution < 1.29 is 5.11 Å². The Morgan fingerprint density at radius 1 is 1.23 bits per heavy atom. The number of hydrogen-bond acceptors (Lipinski definition) is 2. The summed E-state index contributed by atoms with van der Waals surface area (Å²) in [6.45, 7) is 4.82. The first-order chi connectivity index (χ1) is 6.20. The average molecular weight is 185 g/mol. The summed E-state index contributed by atoms with van der Waals surface area (Å²) in [6, 6.07) is 0.579. The topological polar surface area (TPSA) is 32.3 Å². The summed E-state index contributed by atoms with van der Waals surface area (Å²) in [4.78, 5) is 0. The molecule has 2 N–H and O–H groups in total. The SMILES string of the molecule is C[C@@H](O)CN[C@H](C)C1CCCCC1. The van der Waals surface area contributed by atoms with Gasteiger partial charge in [-0.3, -0.25) is 0 Å². The van der Waals surface area contributed by atoms with Crippen molar-refractivity contribution in [3.63, 3.8) is 0 Å². The summed E-state index contributed by atoms with van der Waals surface area (Å²) in [6.07, 6.45) is 6.73. The first-order valence-corrected chi connectivity index (χ1v) is 5.61. The predicted molar refractivity (Wildman–Crippen MR) is 55.7 cm³/mol. The van der Waals surface area contributed by atoms with Gasteiger partial charge in [0.15, 0.2) is 0 Å². The first kappa shape index (κ1) is 11.0. The predicted octanol–water partition coefficient (Wildman–Crippen LogP) is 1.93. The van der Waals surface area contributed by atoms with E-state index in [1.165, 1.54) is 32.1 Å². The normalized spacial score (nSPS) is 24.2. The smallest absolute Gasteiger partial charge is 0.0636 e. The van der Waals surface area contributed by atoms with Crippen molar-refractivity contribution in [3.05, 3.63) is 0 Å². The van der Waals surface area contributed by atoms with Crippen molar-refractivity contribution in [2.75, 3.05) is 6.54 Å². The minimum atomic E-state index is -0.217. The fourth-order valence-electron chi connectivity index (χ4n) is 2.16. The van der Waals surface area contributed by atoms with Gasteiger partial charge in [-0.15, -0.1) is 0 Å². The van der Waals surface area contributed by atoms with E-state index in [1.807, 2.05) is 6.92 Å². The summed E-state index contributed by atoms with van der Waals surface area (Å²) >= 11 is 0. The van der Waals surface area contributed by atoms with Crippen LogP contribution in [0.1, 0.15) is 46.0 Å². The van der Waals surface area contributed by atoms with Gasteiger partial charge in [-0.1, -0.05) is 19.3 Å².